The Morgan fingerprint density at radius 3 is 2.25 bits per heavy atom. The van der Waals surface area contributed by atoms with Crippen molar-refractivity contribution in [1.82, 2.24) is 9.80 Å². The molecule has 2 saturated heterocycles. The van der Waals surface area contributed by atoms with Gasteiger partial charge < -0.3 is 20.0 Å². The smallest absolute Gasteiger partial charge is 0.321 e. The molecule has 0 aromatic heterocycles. The standard InChI is InChI=1S/C23H24F2N4O3/c1-15-3-2-4-18(11-15)26-23(32)28-9-7-27(8-10-28)21(30)20-5-6-29(22(20)31)19-13-16(24)12-17(25)14-19/h2-4,11-14,20H,5-10H2,1H3,(H,26,32). The van der Waals surface area contributed by atoms with Crippen LogP contribution in [0.15, 0.2) is 42.5 Å². The van der Waals surface area contributed by atoms with Gasteiger partial charge in [-0.1, -0.05) is 12.1 Å². The van der Waals surface area contributed by atoms with Crippen LogP contribution >= 0.6 is 0 Å². The Hall–Kier alpha value is -3.49. The van der Waals surface area contributed by atoms with E-state index in [9.17, 15) is 23.2 Å². The summed E-state index contributed by atoms with van der Waals surface area (Å²) in [7, 11) is 0. The first kappa shape index (κ1) is 21.7. The lowest BCUT2D eigenvalue weighted by Crippen LogP contribution is -2.53. The molecule has 0 saturated carbocycles. The second-order valence-electron chi connectivity index (χ2n) is 8.07. The molecule has 2 aromatic rings. The van der Waals surface area contributed by atoms with Gasteiger partial charge in [0.05, 0.1) is 0 Å². The molecule has 1 N–H and O–H groups in total. The van der Waals surface area contributed by atoms with Crippen molar-refractivity contribution in [1.29, 1.82) is 0 Å². The van der Waals surface area contributed by atoms with Crippen LogP contribution < -0.4 is 10.2 Å². The molecular weight excluding hydrogens is 418 g/mol. The number of carbonyl (C=O) groups is 3. The van der Waals surface area contributed by atoms with Crippen molar-refractivity contribution < 1.29 is 23.2 Å². The average molecular weight is 442 g/mol. The largest absolute Gasteiger partial charge is 0.338 e. The maximum Gasteiger partial charge on any atom is 0.321 e. The highest BCUT2D eigenvalue weighted by atomic mass is 19.1. The van der Waals surface area contributed by atoms with Crippen LogP contribution in [0.1, 0.15) is 12.0 Å². The fourth-order valence-electron chi connectivity index (χ4n) is 4.14. The summed E-state index contributed by atoms with van der Waals surface area (Å²) < 4.78 is 27.0. The maximum atomic E-state index is 13.5. The number of nitrogens with zero attached hydrogens (tertiary/aromatic N) is 3. The molecule has 168 valence electrons. The molecule has 1 atom stereocenters. The first-order valence-electron chi connectivity index (χ1n) is 10.5. The Bertz CT molecular complexity index is 1030. The van der Waals surface area contributed by atoms with Gasteiger partial charge in [-0.2, -0.15) is 0 Å². The predicted molar refractivity (Wildman–Crippen MR) is 115 cm³/mol. The van der Waals surface area contributed by atoms with Crippen LogP contribution in [0.2, 0.25) is 0 Å². The van der Waals surface area contributed by atoms with Gasteiger partial charge in [0.1, 0.15) is 17.6 Å². The van der Waals surface area contributed by atoms with E-state index in [-0.39, 0.29) is 30.6 Å². The normalized spacial score (nSPS) is 18.8. The summed E-state index contributed by atoms with van der Waals surface area (Å²) in [6.07, 6.45) is 0.282. The van der Waals surface area contributed by atoms with Gasteiger partial charge in [-0.25, -0.2) is 13.6 Å². The Kier molecular flexibility index (Phi) is 6.07. The van der Waals surface area contributed by atoms with Gasteiger partial charge in [0.15, 0.2) is 0 Å². The fraction of sp³-hybridized carbons (Fsp3) is 0.348. The van der Waals surface area contributed by atoms with Gasteiger partial charge in [0.2, 0.25) is 11.8 Å². The van der Waals surface area contributed by atoms with E-state index in [2.05, 4.69) is 5.32 Å². The van der Waals surface area contributed by atoms with Gasteiger partial charge in [-0.05, 0) is 43.2 Å². The van der Waals surface area contributed by atoms with Crippen molar-refractivity contribution in [2.45, 2.75) is 13.3 Å². The van der Waals surface area contributed by atoms with E-state index in [0.717, 1.165) is 23.8 Å². The lowest BCUT2D eigenvalue weighted by atomic mass is 10.1. The number of piperazine rings is 1. The second kappa shape index (κ2) is 8.94. The molecule has 2 aromatic carbocycles. The summed E-state index contributed by atoms with van der Waals surface area (Å²) in [4.78, 5) is 42.7. The summed E-state index contributed by atoms with van der Waals surface area (Å²) in [6, 6.07) is 10.2. The van der Waals surface area contributed by atoms with Crippen molar-refractivity contribution in [2.24, 2.45) is 5.92 Å². The average Bonchev–Trinajstić information content (AvgIpc) is 3.14. The Morgan fingerprint density at radius 2 is 1.59 bits per heavy atom. The number of hydrogen-bond donors (Lipinski definition) is 1. The molecule has 4 amide bonds. The Morgan fingerprint density at radius 1 is 0.938 bits per heavy atom. The van der Waals surface area contributed by atoms with E-state index in [1.54, 1.807) is 9.80 Å². The number of aryl methyl sites for hydroxylation is 1. The first-order chi connectivity index (χ1) is 15.3. The van der Waals surface area contributed by atoms with Crippen LogP contribution in [0, 0.1) is 24.5 Å². The van der Waals surface area contributed by atoms with Crippen LogP contribution in [0.5, 0.6) is 0 Å². The Balaban J connectivity index is 1.33. The minimum Gasteiger partial charge on any atom is -0.338 e. The van der Waals surface area contributed by atoms with E-state index < -0.39 is 23.5 Å². The third-order valence-electron chi connectivity index (χ3n) is 5.81. The number of hydrogen-bond acceptors (Lipinski definition) is 3. The molecule has 2 fully saturated rings. The summed E-state index contributed by atoms with van der Waals surface area (Å²) in [6.45, 7) is 3.50. The second-order valence-corrected chi connectivity index (χ2v) is 8.07. The van der Waals surface area contributed by atoms with Gasteiger partial charge in [-0.15, -0.1) is 0 Å². The summed E-state index contributed by atoms with van der Waals surface area (Å²) in [5.74, 6) is -3.20. The maximum absolute atomic E-state index is 13.5. The number of benzene rings is 2. The summed E-state index contributed by atoms with van der Waals surface area (Å²) >= 11 is 0. The minimum absolute atomic E-state index is 0.112. The number of carbonyl (C=O) groups excluding carboxylic acids is 3. The number of anilines is 2. The van der Waals surface area contributed by atoms with Gasteiger partial charge >= 0.3 is 6.03 Å². The monoisotopic (exact) mass is 442 g/mol. The van der Waals surface area contributed by atoms with Crippen LogP contribution in [0.4, 0.5) is 25.0 Å². The number of halogens is 2. The lowest BCUT2D eigenvalue weighted by Gasteiger charge is -2.35. The van der Waals surface area contributed by atoms with E-state index in [1.807, 2.05) is 31.2 Å². The zero-order valence-corrected chi connectivity index (χ0v) is 17.7. The number of rotatable bonds is 3. The van der Waals surface area contributed by atoms with Crippen molar-refractivity contribution in [3.05, 3.63) is 59.7 Å². The van der Waals surface area contributed by atoms with Crippen molar-refractivity contribution in [3.8, 4) is 0 Å². The quantitative estimate of drug-likeness (QED) is 0.743. The van der Waals surface area contributed by atoms with Crippen LogP contribution in [0.3, 0.4) is 0 Å². The third-order valence-corrected chi connectivity index (χ3v) is 5.81. The Labute approximate surface area is 184 Å². The predicted octanol–water partition coefficient (Wildman–Crippen LogP) is 3.00. The third kappa shape index (κ3) is 4.56. The highest BCUT2D eigenvalue weighted by Gasteiger charge is 2.40. The molecule has 2 heterocycles. The fourth-order valence-corrected chi connectivity index (χ4v) is 4.14. The summed E-state index contributed by atoms with van der Waals surface area (Å²) in [5, 5.41) is 2.85. The minimum atomic E-state index is -0.881. The first-order valence-corrected chi connectivity index (χ1v) is 10.5. The molecule has 4 rings (SSSR count). The molecule has 0 spiro atoms. The van der Waals surface area contributed by atoms with Crippen LogP contribution in [0.25, 0.3) is 0 Å². The van der Waals surface area contributed by atoms with E-state index in [4.69, 9.17) is 0 Å². The highest BCUT2D eigenvalue weighted by Crippen LogP contribution is 2.28. The molecule has 7 nitrogen and oxygen atoms in total. The van der Waals surface area contributed by atoms with Crippen molar-refractivity contribution in [2.75, 3.05) is 42.9 Å². The van der Waals surface area contributed by atoms with Gasteiger partial charge in [0, 0.05) is 50.2 Å². The van der Waals surface area contributed by atoms with E-state index in [0.29, 0.717) is 31.9 Å². The zero-order valence-electron chi connectivity index (χ0n) is 17.7. The van der Waals surface area contributed by atoms with Gasteiger partial charge in [-0.3, -0.25) is 9.59 Å². The van der Waals surface area contributed by atoms with E-state index >= 15 is 0 Å². The molecule has 2 aliphatic rings. The summed E-state index contributed by atoms with van der Waals surface area (Å²) in [5.41, 5.74) is 1.86. The molecule has 32 heavy (non-hydrogen) atoms. The molecular formula is C23H24F2N4O3. The highest BCUT2D eigenvalue weighted by molar-refractivity contribution is 6.09. The zero-order chi connectivity index (χ0) is 22.8. The van der Waals surface area contributed by atoms with Crippen LogP contribution in [-0.2, 0) is 9.59 Å². The SMILES string of the molecule is Cc1cccc(NC(=O)N2CCN(C(=O)C3CCN(c4cc(F)cc(F)c4)C3=O)CC2)c1. The molecule has 1 unspecified atom stereocenters. The van der Waals surface area contributed by atoms with Crippen molar-refractivity contribution in [3.63, 3.8) is 0 Å². The van der Waals surface area contributed by atoms with Crippen LogP contribution in [-0.4, -0.2) is 60.4 Å². The molecule has 9 heteroatoms. The van der Waals surface area contributed by atoms with Crippen molar-refractivity contribution >= 4 is 29.2 Å². The number of nitrogens with one attached hydrogen (secondary N) is 1. The van der Waals surface area contributed by atoms with Gasteiger partial charge in [0.25, 0.3) is 0 Å². The molecule has 0 bridgehead atoms. The number of amides is 4. The number of urea groups is 1. The van der Waals surface area contributed by atoms with E-state index in [1.165, 1.54) is 4.90 Å². The lowest BCUT2D eigenvalue weighted by molar-refractivity contribution is -0.141. The molecule has 0 radical (unpaired) electrons. The molecule has 0 aliphatic carbocycles. The molecule has 2 aliphatic heterocycles. The topological polar surface area (TPSA) is 73.0 Å².